The summed E-state index contributed by atoms with van der Waals surface area (Å²) in [6, 6.07) is 0. The average molecular weight is 284 g/mol. The maximum absolute atomic E-state index is 12.4. The van der Waals surface area contributed by atoms with Crippen LogP contribution < -0.4 is 0 Å². The second-order valence-electron chi connectivity index (χ2n) is 7.56. The topological polar surface area (TPSA) is 76.0 Å². The fourth-order valence-corrected chi connectivity index (χ4v) is 4.65. The molecule has 1 aliphatic heterocycles. The van der Waals surface area contributed by atoms with Crippen LogP contribution in [-0.4, -0.2) is 39.9 Å². The summed E-state index contributed by atoms with van der Waals surface area (Å²) >= 11 is 0. The summed E-state index contributed by atoms with van der Waals surface area (Å²) in [6.45, 7) is 5.83. The second-order valence-corrected chi connectivity index (χ2v) is 7.56. The first kappa shape index (κ1) is 14.4. The predicted octanol–water partition coefficient (Wildman–Crippen LogP) is 1.36. The van der Waals surface area contributed by atoms with Gasteiger partial charge in [-0.2, -0.15) is 0 Å². The van der Waals surface area contributed by atoms with E-state index in [0.717, 1.165) is 6.42 Å². The van der Waals surface area contributed by atoms with E-state index in [2.05, 4.69) is 13.8 Å². The lowest BCUT2D eigenvalue weighted by Crippen LogP contribution is -2.72. The Morgan fingerprint density at radius 2 is 1.95 bits per heavy atom. The second kappa shape index (κ2) is 4.03. The van der Waals surface area contributed by atoms with E-state index in [9.17, 15) is 15.0 Å². The molecule has 0 unspecified atom stereocenters. The standard InChI is InChI=1S/C15H24O5/c1-12(2)5-4-10(17)13(3)15(12)7-6-14(18,9-16)11(8-15)19-20-13/h11,16,18H,4-9H2,1-3H3/t11-,13+,14-,15-/m0/s1. The van der Waals surface area contributed by atoms with Crippen molar-refractivity contribution in [3.63, 3.8) is 0 Å². The van der Waals surface area contributed by atoms with E-state index in [4.69, 9.17) is 9.78 Å². The maximum Gasteiger partial charge on any atom is 0.168 e. The number of rotatable bonds is 1. The van der Waals surface area contributed by atoms with Gasteiger partial charge in [0.25, 0.3) is 0 Å². The van der Waals surface area contributed by atoms with Crippen LogP contribution in [0.4, 0.5) is 0 Å². The molecule has 2 bridgehead atoms. The molecule has 3 aliphatic rings. The van der Waals surface area contributed by atoms with Crippen LogP contribution in [0.2, 0.25) is 0 Å². The molecule has 2 N–H and O–H groups in total. The van der Waals surface area contributed by atoms with Gasteiger partial charge in [0.15, 0.2) is 11.4 Å². The Morgan fingerprint density at radius 3 is 2.60 bits per heavy atom. The zero-order valence-corrected chi connectivity index (χ0v) is 12.4. The summed E-state index contributed by atoms with van der Waals surface area (Å²) in [5.41, 5.74) is -2.60. The van der Waals surface area contributed by atoms with Crippen LogP contribution in [0, 0.1) is 10.8 Å². The summed E-state index contributed by atoms with van der Waals surface area (Å²) in [5, 5.41) is 19.9. The molecule has 1 heterocycles. The van der Waals surface area contributed by atoms with Gasteiger partial charge < -0.3 is 10.2 Å². The third-order valence-corrected chi connectivity index (χ3v) is 6.44. The number of Topliss-reactive ketones (excluding diaryl/α,β-unsaturated/α-hetero) is 1. The summed E-state index contributed by atoms with van der Waals surface area (Å²) < 4.78 is 0. The largest absolute Gasteiger partial charge is 0.393 e. The molecule has 2 saturated carbocycles. The van der Waals surface area contributed by atoms with Gasteiger partial charge in [-0.05, 0) is 38.0 Å². The molecule has 0 aromatic heterocycles. The fourth-order valence-electron chi connectivity index (χ4n) is 4.65. The monoisotopic (exact) mass is 284 g/mol. The lowest BCUT2D eigenvalue weighted by molar-refractivity contribution is -0.468. The Balaban J connectivity index is 2.06. The molecule has 0 aromatic rings. The van der Waals surface area contributed by atoms with Gasteiger partial charge in [0.05, 0.1) is 6.61 Å². The number of carbonyl (C=O) groups is 1. The first-order chi connectivity index (χ1) is 9.21. The quantitative estimate of drug-likeness (QED) is 0.711. The van der Waals surface area contributed by atoms with Crippen molar-refractivity contribution in [3.05, 3.63) is 0 Å². The molecular weight excluding hydrogens is 260 g/mol. The molecule has 5 nitrogen and oxygen atoms in total. The number of hydrogen-bond donors (Lipinski definition) is 2. The minimum atomic E-state index is -1.26. The highest BCUT2D eigenvalue weighted by Crippen LogP contribution is 2.65. The molecular formula is C15H24O5. The van der Waals surface area contributed by atoms with Crippen molar-refractivity contribution in [1.82, 2.24) is 0 Å². The lowest BCUT2D eigenvalue weighted by atomic mass is 9.44. The van der Waals surface area contributed by atoms with Gasteiger partial charge in [-0.3, -0.25) is 4.79 Å². The van der Waals surface area contributed by atoms with Crippen molar-refractivity contribution in [3.8, 4) is 0 Å². The van der Waals surface area contributed by atoms with Gasteiger partial charge in [-0.1, -0.05) is 13.8 Å². The minimum Gasteiger partial charge on any atom is -0.393 e. The molecule has 0 radical (unpaired) electrons. The molecule has 1 saturated heterocycles. The van der Waals surface area contributed by atoms with Gasteiger partial charge in [0.1, 0.15) is 11.7 Å². The summed E-state index contributed by atoms with van der Waals surface area (Å²) in [7, 11) is 0. The van der Waals surface area contributed by atoms with Crippen LogP contribution in [0.3, 0.4) is 0 Å². The third kappa shape index (κ3) is 1.49. The van der Waals surface area contributed by atoms with Crippen molar-refractivity contribution in [2.75, 3.05) is 6.61 Å². The molecule has 0 amide bonds. The van der Waals surface area contributed by atoms with Crippen LogP contribution in [0.25, 0.3) is 0 Å². The van der Waals surface area contributed by atoms with Crippen molar-refractivity contribution < 1.29 is 24.8 Å². The Hall–Kier alpha value is -0.490. The van der Waals surface area contributed by atoms with E-state index in [1.807, 2.05) is 6.92 Å². The fraction of sp³-hybridized carbons (Fsp3) is 0.933. The Kier molecular flexibility index (Phi) is 2.91. The van der Waals surface area contributed by atoms with E-state index in [-0.39, 0.29) is 23.2 Å². The summed E-state index contributed by atoms with van der Waals surface area (Å²) in [4.78, 5) is 23.4. The molecule has 114 valence electrons. The van der Waals surface area contributed by atoms with E-state index >= 15 is 0 Å². The van der Waals surface area contributed by atoms with E-state index in [1.54, 1.807) is 0 Å². The van der Waals surface area contributed by atoms with Crippen LogP contribution in [0.15, 0.2) is 0 Å². The van der Waals surface area contributed by atoms with E-state index in [1.165, 1.54) is 0 Å². The highest BCUT2D eigenvalue weighted by Gasteiger charge is 2.70. The molecule has 3 fully saturated rings. The van der Waals surface area contributed by atoms with Crippen LogP contribution in [-0.2, 0) is 14.6 Å². The van der Waals surface area contributed by atoms with Gasteiger partial charge >= 0.3 is 0 Å². The number of fused-ring (bicyclic) bond motifs is 1. The number of aliphatic hydroxyl groups excluding tert-OH is 1. The highest BCUT2D eigenvalue weighted by atomic mass is 17.2. The van der Waals surface area contributed by atoms with Gasteiger partial charge in [-0.25, -0.2) is 9.78 Å². The van der Waals surface area contributed by atoms with Gasteiger partial charge in [0, 0.05) is 11.8 Å². The summed E-state index contributed by atoms with van der Waals surface area (Å²) in [6.07, 6.45) is 2.42. The lowest BCUT2D eigenvalue weighted by Gasteiger charge is -2.65. The Labute approximate surface area is 119 Å². The molecule has 0 aromatic carbocycles. The van der Waals surface area contributed by atoms with Crippen LogP contribution in [0.5, 0.6) is 0 Å². The third-order valence-electron chi connectivity index (χ3n) is 6.44. The van der Waals surface area contributed by atoms with Crippen molar-refractivity contribution >= 4 is 5.78 Å². The molecule has 3 rings (SSSR count). The number of hydrogen-bond acceptors (Lipinski definition) is 5. The maximum atomic E-state index is 12.4. The molecule has 20 heavy (non-hydrogen) atoms. The minimum absolute atomic E-state index is 0.0610. The zero-order valence-electron chi connectivity index (χ0n) is 12.4. The predicted molar refractivity (Wildman–Crippen MR) is 70.7 cm³/mol. The van der Waals surface area contributed by atoms with Crippen LogP contribution in [0.1, 0.15) is 52.9 Å². The smallest absolute Gasteiger partial charge is 0.168 e. The van der Waals surface area contributed by atoms with Crippen molar-refractivity contribution in [2.45, 2.75) is 70.2 Å². The SMILES string of the molecule is CC1(C)CCC(=O)[C@@]2(C)OO[C@H]3C[C@@]12CC[C@]3(O)CO. The first-order valence-electron chi connectivity index (χ1n) is 7.42. The normalized spacial score (nSPS) is 50.6. The molecule has 2 aliphatic carbocycles. The molecule has 1 spiro atoms. The Morgan fingerprint density at radius 1 is 1.25 bits per heavy atom. The van der Waals surface area contributed by atoms with Gasteiger partial charge in [-0.15, -0.1) is 0 Å². The highest BCUT2D eigenvalue weighted by molar-refractivity contribution is 5.89. The van der Waals surface area contributed by atoms with Crippen molar-refractivity contribution in [1.29, 1.82) is 0 Å². The number of ketones is 1. The average Bonchev–Trinajstić information content (AvgIpc) is 2.42. The van der Waals surface area contributed by atoms with Crippen LogP contribution >= 0.6 is 0 Å². The zero-order chi connectivity index (χ0) is 14.8. The van der Waals surface area contributed by atoms with Crippen molar-refractivity contribution in [2.24, 2.45) is 10.8 Å². The first-order valence-corrected chi connectivity index (χ1v) is 7.42. The number of carbonyl (C=O) groups excluding carboxylic acids is 1. The molecule has 4 atom stereocenters. The molecule has 5 heteroatoms. The summed E-state index contributed by atoms with van der Waals surface area (Å²) in [5.74, 6) is 0.0877. The number of aliphatic hydroxyl groups is 2. The van der Waals surface area contributed by atoms with Gasteiger partial charge in [0.2, 0.25) is 0 Å². The van der Waals surface area contributed by atoms with E-state index in [0.29, 0.717) is 25.7 Å². The van der Waals surface area contributed by atoms with E-state index < -0.39 is 17.3 Å². The Bertz CT molecular complexity index is 448.